The molecule has 3 atom stereocenters. The van der Waals surface area contributed by atoms with E-state index in [1.54, 1.807) is 4.31 Å². The number of piperidine rings is 1. The molecule has 0 saturated carbocycles. The fraction of sp³-hybridized carbons (Fsp3) is 0.581. The van der Waals surface area contributed by atoms with Gasteiger partial charge in [-0.25, -0.2) is 17.2 Å². The summed E-state index contributed by atoms with van der Waals surface area (Å²) < 4.78 is 55.9. The van der Waals surface area contributed by atoms with Crippen molar-refractivity contribution >= 4 is 27.5 Å². The predicted octanol–water partition coefficient (Wildman–Crippen LogP) is 5.64. The largest absolute Gasteiger partial charge is 0.342 e. The summed E-state index contributed by atoms with van der Waals surface area (Å²) in [5, 5.41) is 0.609. The average Bonchev–Trinajstić information content (AvgIpc) is 3.33. The molecule has 1 spiro atoms. The van der Waals surface area contributed by atoms with Crippen LogP contribution in [-0.2, 0) is 20.2 Å². The van der Waals surface area contributed by atoms with Gasteiger partial charge in [0.1, 0.15) is 11.6 Å². The number of aryl methyl sites for hydroxylation is 1. The highest BCUT2D eigenvalue weighted by Crippen LogP contribution is 2.48. The number of hydrogen-bond acceptors (Lipinski definition) is 4. The standard InChI is InChI=1S/C31H40ClF2N3O3S/c1-19-13-26-23(15-27(19)32)20(2)37(41(6,39)40)18-31(26)9-11-35(12-10-31)29(38)25-17-36(30(3,4)5)16-24(25)22-8-7-21(33)14-28(22)34/h7-8,13-15,20,24-25H,9-12,16-18H2,1-6H3/t20-,24-,25?/m0/s1. The van der Waals surface area contributed by atoms with Crippen molar-refractivity contribution < 1.29 is 22.0 Å². The van der Waals surface area contributed by atoms with E-state index in [0.717, 1.165) is 22.8 Å². The van der Waals surface area contributed by atoms with Crippen LogP contribution in [0.5, 0.6) is 0 Å². The van der Waals surface area contributed by atoms with Crippen LogP contribution in [0.2, 0.25) is 5.02 Å². The number of amides is 1. The highest BCUT2D eigenvalue weighted by Gasteiger charge is 2.49. The SMILES string of the molecule is Cc1cc2c(cc1Cl)[C@H](C)N(S(C)(=O)=O)CC21CCN(C(=O)C2CN(C(C)(C)C)C[C@H]2c2ccc(F)cc2F)CC1. The van der Waals surface area contributed by atoms with Gasteiger partial charge in [0, 0.05) is 66.7 Å². The van der Waals surface area contributed by atoms with Crippen LogP contribution in [0.1, 0.15) is 74.8 Å². The molecular weight excluding hydrogens is 568 g/mol. The number of carbonyl (C=O) groups excluding carboxylic acids is 1. The maximum Gasteiger partial charge on any atom is 0.227 e. The van der Waals surface area contributed by atoms with Gasteiger partial charge in [-0.05, 0) is 81.8 Å². The second kappa shape index (κ2) is 10.6. The molecule has 0 radical (unpaired) electrons. The van der Waals surface area contributed by atoms with Gasteiger partial charge in [0.15, 0.2) is 0 Å². The Morgan fingerprint density at radius 1 is 1.05 bits per heavy atom. The lowest BCUT2D eigenvalue weighted by atomic mass is 9.67. The van der Waals surface area contributed by atoms with E-state index < -0.39 is 33.0 Å². The summed E-state index contributed by atoms with van der Waals surface area (Å²) in [6, 6.07) is 7.28. The van der Waals surface area contributed by atoms with Gasteiger partial charge in [0.05, 0.1) is 12.2 Å². The number of rotatable bonds is 3. The molecule has 0 bridgehead atoms. The molecule has 0 N–H and O–H groups in total. The summed E-state index contributed by atoms with van der Waals surface area (Å²) >= 11 is 6.49. The van der Waals surface area contributed by atoms with E-state index in [2.05, 4.69) is 31.7 Å². The van der Waals surface area contributed by atoms with Crippen molar-refractivity contribution in [2.24, 2.45) is 5.92 Å². The Kier molecular flexibility index (Phi) is 7.84. The Morgan fingerprint density at radius 2 is 1.71 bits per heavy atom. The third-order valence-corrected chi connectivity index (χ3v) is 11.4. The van der Waals surface area contributed by atoms with Crippen molar-refractivity contribution in [3.05, 3.63) is 69.2 Å². The summed E-state index contributed by atoms with van der Waals surface area (Å²) in [7, 11) is -3.48. The number of benzene rings is 2. The fourth-order valence-electron chi connectivity index (χ4n) is 7.12. The summed E-state index contributed by atoms with van der Waals surface area (Å²) in [6.45, 7) is 12.4. The summed E-state index contributed by atoms with van der Waals surface area (Å²) in [5.41, 5.74) is 2.70. The summed E-state index contributed by atoms with van der Waals surface area (Å²) in [4.78, 5) is 18.2. The van der Waals surface area contributed by atoms with Gasteiger partial charge in [-0.15, -0.1) is 0 Å². The van der Waals surface area contributed by atoms with Gasteiger partial charge in [-0.2, -0.15) is 4.31 Å². The minimum atomic E-state index is -3.48. The number of halogens is 3. The molecule has 3 aliphatic rings. The summed E-state index contributed by atoms with van der Waals surface area (Å²) in [5.74, 6) is -2.14. The van der Waals surface area contributed by atoms with E-state index in [1.807, 2.05) is 24.8 Å². The van der Waals surface area contributed by atoms with E-state index >= 15 is 0 Å². The molecule has 1 unspecified atom stereocenters. The van der Waals surface area contributed by atoms with Gasteiger partial charge >= 0.3 is 0 Å². The molecule has 2 saturated heterocycles. The van der Waals surface area contributed by atoms with Crippen LogP contribution in [0.3, 0.4) is 0 Å². The number of hydrogen-bond donors (Lipinski definition) is 0. The molecule has 224 valence electrons. The molecule has 0 aliphatic carbocycles. The number of nitrogens with zero attached hydrogens (tertiary/aromatic N) is 3. The summed E-state index contributed by atoms with van der Waals surface area (Å²) in [6.07, 6.45) is 2.46. The molecule has 5 rings (SSSR count). The molecule has 2 aromatic carbocycles. The van der Waals surface area contributed by atoms with Crippen LogP contribution < -0.4 is 0 Å². The van der Waals surface area contributed by atoms with Crippen LogP contribution in [0, 0.1) is 24.5 Å². The highest BCUT2D eigenvalue weighted by atomic mass is 35.5. The molecule has 41 heavy (non-hydrogen) atoms. The molecular formula is C31H40ClF2N3O3S. The Morgan fingerprint density at radius 3 is 2.29 bits per heavy atom. The first kappa shape index (κ1) is 30.4. The molecule has 0 aromatic heterocycles. The number of fused-ring (bicyclic) bond motifs is 2. The maximum atomic E-state index is 15.0. The monoisotopic (exact) mass is 607 g/mol. The lowest BCUT2D eigenvalue weighted by molar-refractivity contribution is -0.137. The first-order valence-corrected chi connectivity index (χ1v) is 16.5. The number of likely N-dealkylation sites (tertiary alicyclic amines) is 2. The van der Waals surface area contributed by atoms with Crippen molar-refractivity contribution in [3.63, 3.8) is 0 Å². The van der Waals surface area contributed by atoms with E-state index in [4.69, 9.17) is 11.6 Å². The quantitative estimate of drug-likeness (QED) is 0.453. The third kappa shape index (κ3) is 5.55. The van der Waals surface area contributed by atoms with Crippen LogP contribution in [0.25, 0.3) is 0 Å². The minimum absolute atomic E-state index is 0.0306. The highest BCUT2D eigenvalue weighted by molar-refractivity contribution is 7.88. The second-order valence-corrected chi connectivity index (χ2v) is 15.6. The Bertz CT molecular complexity index is 1470. The molecule has 3 aliphatic heterocycles. The van der Waals surface area contributed by atoms with Gasteiger partial charge in [0.2, 0.25) is 15.9 Å². The Balaban J connectivity index is 1.44. The lowest BCUT2D eigenvalue weighted by Crippen LogP contribution is -2.55. The smallest absolute Gasteiger partial charge is 0.227 e. The molecule has 2 fully saturated rings. The van der Waals surface area contributed by atoms with Crippen molar-refractivity contribution in [3.8, 4) is 0 Å². The van der Waals surface area contributed by atoms with E-state index in [-0.39, 0.29) is 23.4 Å². The van der Waals surface area contributed by atoms with Crippen molar-refractivity contribution in [2.45, 2.75) is 70.4 Å². The van der Waals surface area contributed by atoms with E-state index in [1.165, 1.54) is 18.4 Å². The first-order chi connectivity index (χ1) is 19.0. The van der Waals surface area contributed by atoms with Crippen molar-refractivity contribution in [1.29, 1.82) is 0 Å². The zero-order chi connectivity index (χ0) is 30.1. The van der Waals surface area contributed by atoms with Gasteiger partial charge in [-0.3, -0.25) is 9.69 Å². The van der Waals surface area contributed by atoms with Gasteiger partial charge in [0.25, 0.3) is 0 Å². The zero-order valence-electron chi connectivity index (χ0n) is 24.7. The Labute approximate surface area is 247 Å². The lowest BCUT2D eigenvalue weighted by Gasteiger charge is -2.50. The number of carbonyl (C=O) groups is 1. The predicted molar refractivity (Wildman–Crippen MR) is 158 cm³/mol. The van der Waals surface area contributed by atoms with E-state index in [0.29, 0.717) is 56.2 Å². The van der Waals surface area contributed by atoms with E-state index in [9.17, 15) is 22.0 Å². The molecule has 10 heteroatoms. The Hall–Kier alpha value is -2.07. The number of sulfonamides is 1. The van der Waals surface area contributed by atoms with Crippen molar-refractivity contribution in [2.75, 3.05) is 39.0 Å². The minimum Gasteiger partial charge on any atom is -0.342 e. The van der Waals surface area contributed by atoms with Gasteiger partial charge in [-0.1, -0.05) is 23.7 Å². The zero-order valence-corrected chi connectivity index (χ0v) is 26.2. The fourth-order valence-corrected chi connectivity index (χ4v) is 8.46. The molecule has 6 nitrogen and oxygen atoms in total. The second-order valence-electron chi connectivity index (χ2n) is 13.2. The van der Waals surface area contributed by atoms with Crippen LogP contribution in [-0.4, -0.2) is 72.9 Å². The maximum absolute atomic E-state index is 15.0. The normalized spacial score (nSPS) is 25.5. The van der Waals surface area contributed by atoms with Crippen LogP contribution in [0.4, 0.5) is 8.78 Å². The topological polar surface area (TPSA) is 60.9 Å². The van der Waals surface area contributed by atoms with Crippen LogP contribution in [0.15, 0.2) is 30.3 Å². The third-order valence-electron chi connectivity index (χ3n) is 9.65. The molecule has 3 heterocycles. The van der Waals surface area contributed by atoms with Gasteiger partial charge < -0.3 is 4.90 Å². The molecule has 1 amide bonds. The van der Waals surface area contributed by atoms with Crippen molar-refractivity contribution in [1.82, 2.24) is 14.1 Å². The molecule has 2 aromatic rings. The van der Waals surface area contributed by atoms with Crippen LogP contribution >= 0.6 is 11.6 Å². The first-order valence-electron chi connectivity index (χ1n) is 14.3. The average molecular weight is 608 g/mol.